The first kappa shape index (κ1) is 14.8. The van der Waals surface area contributed by atoms with E-state index in [0.29, 0.717) is 0 Å². The molecule has 19 heavy (non-hydrogen) atoms. The fraction of sp³-hybridized carbons (Fsp3) is 0.188. The summed E-state index contributed by atoms with van der Waals surface area (Å²) in [5.41, 5.74) is 2.78. The molecule has 1 aromatic carbocycles. The van der Waals surface area contributed by atoms with Crippen molar-refractivity contribution in [3.63, 3.8) is 0 Å². The fourth-order valence-corrected chi connectivity index (χ4v) is 1.45. The summed E-state index contributed by atoms with van der Waals surface area (Å²) >= 11 is 0. The monoisotopic (exact) mass is 257 g/mol. The van der Waals surface area contributed by atoms with Crippen LogP contribution in [0.1, 0.15) is 12.5 Å². The van der Waals surface area contributed by atoms with Gasteiger partial charge in [0.05, 0.1) is 0 Å². The fourth-order valence-electron chi connectivity index (χ4n) is 1.45. The van der Waals surface area contributed by atoms with Gasteiger partial charge in [0.15, 0.2) is 0 Å². The highest BCUT2D eigenvalue weighted by atomic mass is 16.5. The summed E-state index contributed by atoms with van der Waals surface area (Å²) in [6.45, 7) is 5.88. The Morgan fingerprint density at radius 2 is 2.00 bits per heavy atom. The van der Waals surface area contributed by atoms with Gasteiger partial charge >= 0.3 is 5.97 Å². The average molecular weight is 257 g/mol. The number of nitrogens with one attached hydrogen (secondary N) is 1. The van der Waals surface area contributed by atoms with E-state index in [1.54, 1.807) is 19.2 Å². The number of likely N-dealkylation sites (N-methyl/N-ethyl adjacent to an activating group) is 1. The van der Waals surface area contributed by atoms with Crippen molar-refractivity contribution in [1.29, 1.82) is 0 Å². The molecule has 1 N–H and O–H groups in total. The Labute approximate surface area is 114 Å². The molecule has 0 fully saturated rings. The predicted octanol–water partition coefficient (Wildman–Crippen LogP) is 2.97. The maximum Gasteiger partial charge on any atom is 0.331 e. The van der Waals surface area contributed by atoms with E-state index in [-0.39, 0.29) is 12.6 Å². The van der Waals surface area contributed by atoms with Crippen LogP contribution in [0.4, 0.5) is 0 Å². The highest BCUT2D eigenvalue weighted by molar-refractivity contribution is 5.82. The van der Waals surface area contributed by atoms with Crippen molar-refractivity contribution in [1.82, 2.24) is 5.32 Å². The zero-order valence-corrected chi connectivity index (χ0v) is 11.3. The van der Waals surface area contributed by atoms with Gasteiger partial charge in [0.25, 0.3) is 0 Å². The minimum atomic E-state index is -0.367. The molecule has 3 heteroatoms. The van der Waals surface area contributed by atoms with E-state index in [2.05, 4.69) is 11.9 Å². The SMILES string of the molecule is C=C/C(C)=C(\C=C/C(=O)OCc1ccccc1)NC. The summed E-state index contributed by atoms with van der Waals surface area (Å²) in [5.74, 6) is -0.367. The molecule has 0 saturated carbocycles. The Balaban J connectivity index is 2.54. The van der Waals surface area contributed by atoms with Gasteiger partial charge in [-0.25, -0.2) is 4.79 Å². The molecule has 0 unspecified atom stereocenters. The van der Waals surface area contributed by atoms with Crippen LogP contribution in [0.2, 0.25) is 0 Å². The largest absolute Gasteiger partial charge is 0.458 e. The highest BCUT2D eigenvalue weighted by Crippen LogP contribution is 2.04. The van der Waals surface area contributed by atoms with Crippen LogP contribution < -0.4 is 5.32 Å². The molecule has 0 atom stereocenters. The van der Waals surface area contributed by atoms with Crippen molar-refractivity contribution >= 4 is 5.97 Å². The van der Waals surface area contributed by atoms with Gasteiger partial charge in [-0.1, -0.05) is 43.0 Å². The van der Waals surface area contributed by atoms with Crippen molar-refractivity contribution in [3.8, 4) is 0 Å². The van der Waals surface area contributed by atoms with Gasteiger partial charge in [-0.2, -0.15) is 0 Å². The topological polar surface area (TPSA) is 38.3 Å². The molecule has 0 radical (unpaired) electrons. The molecule has 0 heterocycles. The Morgan fingerprint density at radius 3 is 2.58 bits per heavy atom. The van der Waals surface area contributed by atoms with Crippen molar-refractivity contribution in [2.45, 2.75) is 13.5 Å². The number of allylic oxidation sites excluding steroid dienone is 3. The molecule has 0 aromatic heterocycles. The van der Waals surface area contributed by atoms with Crippen molar-refractivity contribution in [2.75, 3.05) is 7.05 Å². The molecular weight excluding hydrogens is 238 g/mol. The maximum atomic E-state index is 11.6. The summed E-state index contributed by atoms with van der Waals surface area (Å²) in [6, 6.07) is 9.57. The lowest BCUT2D eigenvalue weighted by Crippen LogP contribution is -2.07. The molecule has 0 amide bonds. The van der Waals surface area contributed by atoms with Gasteiger partial charge in [0.2, 0.25) is 0 Å². The number of carbonyl (C=O) groups excluding carboxylic acids is 1. The van der Waals surface area contributed by atoms with E-state index >= 15 is 0 Å². The second-order valence-electron chi connectivity index (χ2n) is 3.98. The van der Waals surface area contributed by atoms with Crippen LogP contribution in [0, 0.1) is 0 Å². The molecule has 0 aliphatic rings. The van der Waals surface area contributed by atoms with Crippen molar-refractivity contribution in [2.24, 2.45) is 0 Å². The molecule has 0 saturated heterocycles. The van der Waals surface area contributed by atoms with Gasteiger partial charge < -0.3 is 10.1 Å². The summed E-state index contributed by atoms with van der Waals surface area (Å²) in [5, 5.41) is 3.00. The number of rotatable bonds is 6. The Hall–Kier alpha value is -2.29. The van der Waals surface area contributed by atoms with Crippen LogP contribution in [0.3, 0.4) is 0 Å². The number of benzene rings is 1. The van der Waals surface area contributed by atoms with Crippen molar-refractivity contribution < 1.29 is 9.53 Å². The van der Waals surface area contributed by atoms with E-state index in [0.717, 1.165) is 16.8 Å². The first-order valence-electron chi connectivity index (χ1n) is 6.07. The number of esters is 1. The molecule has 3 nitrogen and oxygen atoms in total. The number of hydrogen-bond donors (Lipinski definition) is 1. The van der Waals surface area contributed by atoms with Gasteiger partial charge in [0.1, 0.15) is 6.61 Å². The van der Waals surface area contributed by atoms with E-state index in [1.165, 1.54) is 6.08 Å². The minimum absolute atomic E-state index is 0.281. The average Bonchev–Trinajstić information content (AvgIpc) is 2.46. The lowest BCUT2D eigenvalue weighted by molar-refractivity contribution is -0.139. The second-order valence-corrected chi connectivity index (χ2v) is 3.98. The van der Waals surface area contributed by atoms with E-state index in [1.807, 2.05) is 37.3 Å². The number of ether oxygens (including phenoxy) is 1. The molecule has 0 bridgehead atoms. The van der Waals surface area contributed by atoms with Crippen LogP contribution in [0.5, 0.6) is 0 Å². The normalized spacial score (nSPS) is 11.9. The minimum Gasteiger partial charge on any atom is -0.458 e. The smallest absolute Gasteiger partial charge is 0.331 e. The molecule has 1 aromatic rings. The predicted molar refractivity (Wildman–Crippen MR) is 77.3 cm³/mol. The van der Waals surface area contributed by atoms with Gasteiger partial charge in [-0.3, -0.25) is 0 Å². The van der Waals surface area contributed by atoms with Gasteiger partial charge in [-0.15, -0.1) is 0 Å². The summed E-state index contributed by atoms with van der Waals surface area (Å²) in [4.78, 5) is 11.6. The number of hydrogen-bond acceptors (Lipinski definition) is 3. The maximum absolute atomic E-state index is 11.6. The standard InChI is InChI=1S/C16H19NO2/c1-4-13(2)15(17-3)10-11-16(18)19-12-14-8-6-5-7-9-14/h4-11,17H,1,12H2,2-3H3/b11-10-,15-13+. The van der Waals surface area contributed by atoms with Gasteiger partial charge in [0, 0.05) is 18.8 Å². The molecule has 0 aliphatic carbocycles. The Bertz CT molecular complexity index is 487. The van der Waals surface area contributed by atoms with Crippen LogP contribution in [0.25, 0.3) is 0 Å². The second kappa shape index (κ2) is 7.93. The summed E-state index contributed by atoms with van der Waals surface area (Å²) in [7, 11) is 1.79. The molecule has 1 rings (SSSR count). The van der Waals surface area contributed by atoms with Crippen LogP contribution in [-0.2, 0) is 16.1 Å². The summed E-state index contributed by atoms with van der Waals surface area (Å²) in [6.07, 6.45) is 4.82. The third-order valence-electron chi connectivity index (χ3n) is 2.61. The van der Waals surface area contributed by atoms with Crippen LogP contribution in [0.15, 0.2) is 66.4 Å². The van der Waals surface area contributed by atoms with Crippen LogP contribution >= 0.6 is 0 Å². The van der Waals surface area contributed by atoms with E-state index in [4.69, 9.17) is 4.74 Å². The first-order chi connectivity index (χ1) is 9.17. The van der Waals surface area contributed by atoms with Crippen molar-refractivity contribution in [3.05, 3.63) is 72.0 Å². The summed E-state index contributed by atoms with van der Waals surface area (Å²) < 4.78 is 5.13. The Morgan fingerprint density at radius 1 is 1.32 bits per heavy atom. The zero-order chi connectivity index (χ0) is 14.1. The third kappa shape index (κ3) is 5.25. The first-order valence-corrected chi connectivity index (χ1v) is 6.07. The van der Waals surface area contributed by atoms with Gasteiger partial charge in [-0.05, 0) is 24.1 Å². The molecule has 100 valence electrons. The molecular formula is C16H19NO2. The van der Waals surface area contributed by atoms with E-state index in [9.17, 15) is 4.79 Å². The van der Waals surface area contributed by atoms with E-state index < -0.39 is 0 Å². The Kier molecular flexibility index (Phi) is 6.16. The lowest BCUT2D eigenvalue weighted by Gasteiger charge is -2.04. The van der Waals surface area contributed by atoms with Crippen LogP contribution in [-0.4, -0.2) is 13.0 Å². The third-order valence-corrected chi connectivity index (χ3v) is 2.61. The highest BCUT2D eigenvalue weighted by Gasteiger charge is 1.99. The molecule has 0 aliphatic heterocycles. The lowest BCUT2D eigenvalue weighted by atomic mass is 10.2. The number of carbonyl (C=O) groups is 1. The quantitative estimate of drug-likeness (QED) is 0.484. The molecule has 0 spiro atoms. The zero-order valence-electron chi connectivity index (χ0n) is 11.3.